The zero-order chi connectivity index (χ0) is 15.1. The Labute approximate surface area is 120 Å². The first-order chi connectivity index (χ1) is 9.47. The molecular weight excluding hydrogens is 256 g/mol. The molecule has 1 aromatic rings. The first-order valence-electron chi connectivity index (χ1n) is 6.76. The van der Waals surface area contributed by atoms with Crippen LogP contribution in [0.15, 0.2) is 18.2 Å². The molecule has 0 spiro atoms. The minimum atomic E-state index is -0.562. The standard InChI is InChI=1S/C15H24N2O3/c1-10(2)17-9-12-6-7-13(14(8-12)19-5)20-11(3)15(18)16-4/h6-8,10-11,17H,9H2,1-5H3,(H,16,18). The quantitative estimate of drug-likeness (QED) is 0.798. The number of nitrogens with one attached hydrogen (secondary N) is 2. The topological polar surface area (TPSA) is 59.6 Å². The normalized spacial score (nSPS) is 12.1. The molecule has 1 unspecified atom stereocenters. The van der Waals surface area contributed by atoms with Gasteiger partial charge in [-0.05, 0) is 24.6 Å². The van der Waals surface area contributed by atoms with E-state index in [1.165, 1.54) is 0 Å². The molecule has 0 heterocycles. The number of carbonyl (C=O) groups excluding carboxylic acids is 1. The summed E-state index contributed by atoms with van der Waals surface area (Å²) in [5.74, 6) is 1.03. The molecule has 5 heteroatoms. The highest BCUT2D eigenvalue weighted by molar-refractivity contribution is 5.80. The molecule has 1 atom stereocenters. The lowest BCUT2D eigenvalue weighted by molar-refractivity contribution is -0.126. The fourth-order valence-electron chi connectivity index (χ4n) is 1.69. The van der Waals surface area contributed by atoms with Crippen molar-refractivity contribution in [2.45, 2.75) is 39.5 Å². The minimum Gasteiger partial charge on any atom is -0.493 e. The summed E-state index contributed by atoms with van der Waals surface area (Å²) in [4.78, 5) is 11.5. The zero-order valence-electron chi connectivity index (χ0n) is 12.8. The molecule has 0 aromatic heterocycles. The fraction of sp³-hybridized carbons (Fsp3) is 0.533. The van der Waals surface area contributed by atoms with Crippen molar-refractivity contribution in [1.82, 2.24) is 10.6 Å². The van der Waals surface area contributed by atoms with Crippen LogP contribution in [0.4, 0.5) is 0 Å². The predicted molar refractivity (Wildman–Crippen MR) is 79.1 cm³/mol. The molecule has 1 rings (SSSR count). The summed E-state index contributed by atoms with van der Waals surface area (Å²) >= 11 is 0. The van der Waals surface area contributed by atoms with Gasteiger partial charge in [0.15, 0.2) is 17.6 Å². The van der Waals surface area contributed by atoms with Gasteiger partial charge in [-0.15, -0.1) is 0 Å². The van der Waals surface area contributed by atoms with Crippen LogP contribution in [0, 0.1) is 0 Å². The summed E-state index contributed by atoms with van der Waals surface area (Å²) < 4.78 is 10.9. The number of hydrogen-bond donors (Lipinski definition) is 2. The van der Waals surface area contributed by atoms with Crippen molar-refractivity contribution in [3.8, 4) is 11.5 Å². The van der Waals surface area contributed by atoms with Gasteiger partial charge in [-0.25, -0.2) is 0 Å². The van der Waals surface area contributed by atoms with E-state index >= 15 is 0 Å². The maximum absolute atomic E-state index is 11.5. The smallest absolute Gasteiger partial charge is 0.260 e. The van der Waals surface area contributed by atoms with E-state index in [0.717, 1.165) is 12.1 Å². The van der Waals surface area contributed by atoms with E-state index in [1.807, 2.05) is 18.2 Å². The van der Waals surface area contributed by atoms with Crippen molar-refractivity contribution in [1.29, 1.82) is 0 Å². The molecule has 0 saturated heterocycles. The Balaban J connectivity index is 2.80. The second-order valence-corrected chi connectivity index (χ2v) is 4.90. The van der Waals surface area contributed by atoms with Crippen molar-refractivity contribution in [2.24, 2.45) is 0 Å². The fourth-order valence-corrected chi connectivity index (χ4v) is 1.69. The minimum absolute atomic E-state index is 0.169. The number of likely N-dealkylation sites (N-methyl/N-ethyl adjacent to an activating group) is 1. The van der Waals surface area contributed by atoms with Crippen LogP contribution in [-0.2, 0) is 11.3 Å². The second-order valence-electron chi connectivity index (χ2n) is 4.90. The van der Waals surface area contributed by atoms with Crippen LogP contribution >= 0.6 is 0 Å². The van der Waals surface area contributed by atoms with E-state index in [-0.39, 0.29) is 5.91 Å². The third-order valence-electron chi connectivity index (χ3n) is 2.86. The van der Waals surface area contributed by atoms with E-state index in [4.69, 9.17) is 9.47 Å². The lowest BCUT2D eigenvalue weighted by atomic mass is 10.2. The molecule has 0 aliphatic rings. The maximum Gasteiger partial charge on any atom is 0.260 e. The van der Waals surface area contributed by atoms with Gasteiger partial charge >= 0.3 is 0 Å². The van der Waals surface area contributed by atoms with E-state index in [2.05, 4.69) is 24.5 Å². The average Bonchev–Trinajstić information content (AvgIpc) is 2.44. The Bertz CT molecular complexity index is 447. The first kappa shape index (κ1) is 16.3. The number of methoxy groups -OCH3 is 1. The third kappa shape index (κ3) is 4.74. The molecular formula is C15H24N2O3. The van der Waals surface area contributed by atoms with E-state index in [9.17, 15) is 4.79 Å². The molecule has 1 amide bonds. The molecule has 0 bridgehead atoms. The van der Waals surface area contributed by atoms with E-state index in [1.54, 1.807) is 21.1 Å². The Morgan fingerprint density at radius 2 is 1.95 bits per heavy atom. The van der Waals surface area contributed by atoms with Gasteiger partial charge in [-0.2, -0.15) is 0 Å². The molecule has 1 aromatic carbocycles. The van der Waals surface area contributed by atoms with Crippen molar-refractivity contribution in [3.05, 3.63) is 23.8 Å². The largest absolute Gasteiger partial charge is 0.493 e. The van der Waals surface area contributed by atoms with E-state index < -0.39 is 6.10 Å². The Morgan fingerprint density at radius 3 is 2.50 bits per heavy atom. The number of ether oxygens (including phenoxy) is 2. The van der Waals surface area contributed by atoms with Crippen LogP contribution in [-0.4, -0.2) is 32.2 Å². The molecule has 0 saturated carbocycles. The summed E-state index contributed by atoms with van der Waals surface area (Å²) in [6, 6.07) is 6.13. The van der Waals surface area contributed by atoms with Gasteiger partial charge in [0.25, 0.3) is 5.91 Å². The third-order valence-corrected chi connectivity index (χ3v) is 2.86. The van der Waals surface area contributed by atoms with Crippen LogP contribution in [0.3, 0.4) is 0 Å². The number of amides is 1. The monoisotopic (exact) mass is 280 g/mol. The van der Waals surface area contributed by atoms with Gasteiger partial charge in [-0.3, -0.25) is 4.79 Å². The molecule has 2 N–H and O–H groups in total. The molecule has 0 aliphatic carbocycles. The maximum atomic E-state index is 11.5. The van der Waals surface area contributed by atoms with Crippen molar-refractivity contribution in [3.63, 3.8) is 0 Å². The summed E-state index contributed by atoms with van der Waals surface area (Å²) in [6.45, 7) is 6.66. The molecule has 0 aliphatic heterocycles. The Kier molecular flexibility index (Phi) is 6.31. The lowest BCUT2D eigenvalue weighted by Gasteiger charge is -2.17. The number of carbonyl (C=O) groups is 1. The molecule has 20 heavy (non-hydrogen) atoms. The summed E-state index contributed by atoms with van der Waals surface area (Å²) in [6.07, 6.45) is -0.562. The summed E-state index contributed by atoms with van der Waals surface area (Å²) in [5.41, 5.74) is 1.11. The lowest BCUT2D eigenvalue weighted by Crippen LogP contribution is -2.33. The highest BCUT2D eigenvalue weighted by Crippen LogP contribution is 2.29. The van der Waals surface area contributed by atoms with Gasteiger partial charge < -0.3 is 20.1 Å². The second kappa shape index (κ2) is 7.75. The summed E-state index contributed by atoms with van der Waals surface area (Å²) in [5, 5.41) is 5.89. The SMILES string of the molecule is CNC(=O)C(C)Oc1ccc(CNC(C)C)cc1OC. The van der Waals surface area contributed by atoms with Crippen molar-refractivity contribution >= 4 is 5.91 Å². The van der Waals surface area contributed by atoms with Gasteiger partial charge in [0.2, 0.25) is 0 Å². The highest BCUT2D eigenvalue weighted by Gasteiger charge is 2.15. The highest BCUT2D eigenvalue weighted by atomic mass is 16.5. The van der Waals surface area contributed by atoms with Crippen molar-refractivity contribution < 1.29 is 14.3 Å². The van der Waals surface area contributed by atoms with Crippen LogP contribution in [0.2, 0.25) is 0 Å². The average molecular weight is 280 g/mol. The van der Waals surface area contributed by atoms with Gasteiger partial charge in [0.05, 0.1) is 7.11 Å². The zero-order valence-corrected chi connectivity index (χ0v) is 12.8. The van der Waals surface area contributed by atoms with Gasteiger partial charge in [0.1, 0.15) is 0 Å². The number of hydrogen-bond acceptors (Lipinski definition) is 4. The first-order valence-corrected chi connectivity index (χ1v) is 6.76. The predicted octanol–water partition coefficient (Wildman–Crippen LogP) is 1.71. The molecule has 112 valence electrons. The van der Waals surface area contributed by atoms with Gasteiger partial charge in [0, 0.05) is 19.6 Å². The number of rotatable bonds is 7. The molecule has 5 nitrogen and oxygen atoms in total. The Hall–Kier alpha value is -1.75. The molecule has 0 fully saturated rings. The van der Waals surface area contributed by atoms with Crippen LogP contribution in [0.5, 0.6) is 11.5 Å². The van der Waals surface area contributed by atoms with E-state index in [0.29, 0.717) is 17.5 Å². The van der Waals surface area contributed by atoms with Crippen LogP contribution < -0.4 is 20.1 Å². The number of benzene rings is 1. The summed E-state index contributed by atoms with van der Waals surface area (Å²) in [7, 11) is 3.17. The van der Waals surface area contributed by atoms with Gasteiger partial charge in [-0.1, -0.05) is 19.9 Å². The Morgan fingerprint density at radius 1 is 1.25 bits per heavy atom. The van der Waals surface area contributed by atoms with Crippen LogP contribution in [0.25, 0.3) is 0 Å². The van der Waals surface area contributed by atoms with Crippen LogP contribution in [0.1, 0.15) is 26.3 Å². The van der Waals surface area contributed by atoms with Crippen molar-refractivity contribution in [2.75, 3.05) is 14.2 Å². The molecule has 0 radical (unpaired) electrons.